The van der Waals surface area contributed by atoms with E-state index >= 15 is 0 Å². The van der Waals surface area contributed by atoms with Crippen molar-refractivity contribution in [1.82, 2.24) is 10.4 Å². The first-order valence-electron chi connectivity index (χ1n) is 15.3. The van der Waals surface area contributed by atoms with E-state index in [0.29, 0.717) is 95.1 Å². The molecular weight excluding hydrogens is 592 g/mol. The van der Waals surface area contributed by atoms with Crippen molar-refractivity contribution in [1.29, 1.82) is 0 Å². The predicted molar refractivity (Wildman–Crippen MR) is 172 cm³/mol. The van der Waals surface area contributed by atoms with Gasteiger partial charge in [-0.1, -0.05) is 18.2 Å². The van der Waals surface area contributed by atoms with Crippen LogP contribution >= 0.6 is 0 Å². The molecule has 2 N–H and O–H groups in total. The summed E-state index contributed by atoms with van der Waals surface area (Å²) in [6, 6.07) is 16.4. The number of amides is 1. The van der Waals surface area contributed by atoms with E-state index in [2.05, 4.69) is 5.32 Å². The second-order valence-corrected chi connectivity index (χ2v) is 11.0. The van der Waals surface area contributed by atoms with Crippen LogP contribution in [0.1, 0.15) is 53.3 Å². The quantitative estimate of drug-likeness (QED) is 0.244. The minimum absolute atomic E-state index is 0.0546. The molecule has 3 aromatic carbocycles. The van der Waals surface area contributed by atoms with E-state index in [1.165, 1.54) is 0 Å². The Hall–Kier alpha value is -4.45. The lowest BCUT2D eigenvalue weighted by Gasteiger charge is -2.32. The maximum Gasteiger partial charge on any atom is 0.251 e. The Labute approximate surface area is 269 Å². The van der Waals surface area contributed by atoms with Gasteiger partial charge in [-0.05, 0) is 49.9 Å². The summed E-state index contributed by atoms with van der Waals surface area (Å²) >= 11 is 0. The molecule has 11 heteroatoms. The number of nitrogens with zero attached hydrogens (tertiary/aromatic N) is 1. The van der Waals surface area contributed by atoms with Gasteiger partial charge >= 0.3 is 0 Å². The zero-order valence-electron chi connectivity index (χ0n) is 27.0. The fourth-order valence-corrected chi connectivity index (χ4v) is 5.84. The van der Waals surface area contributed by atoms with Crippen LogP contribution in [0.2, 0.25) is 0 Å². The Balaban J connectivity index is 1.30. The maximum absolute atomic E-state index is 12.5. The van der Waals surface area contributed by atoms with Crippen molar-refractivity contribution < 1.29 is 43.2 Å². The first-order chi connectivity index (χ1) is 22.4. The Kier molecular flexibility index (Phi) is 10.9. The number of fused-ring (bicyclic) bond motifs is 1. The molecule has 0 saturated carbocycles. The standard InChI is InChI=1S/C35H42N2O9/c1-40-25-20-27(41-2)31-28(21-25)46-33(23-18-29(42-3)34(44-5)30(19-23)43-4)26(32(31)38)12-9-17-45-37-15-13-24(14-16-37)36-35(39)22-10-7-6-8-11-22/h6-8,10-11,18-21,24,32,38H,9,12-17H2,1-5H3,(H,36,39). The van der Waals surface area contributed by atoms with Crippen LogP contribution in [0.3, 0.4) is 0 Å². The Morgan fingerprint density at radius 1 is 0.891 bits per heavy atom. The van der Waals surface area contributed by atoms with Gasteiger partial charge in [0.05, 0.1) is 47.7 Å². The van der Waals surface area contributed by atoms with Crippen LogP contribution in [0, 0.1) is 0 Å². The molecule has 2 aliphatic rings. The van der Waals surface area contributed by atoms with E-state index < -0.39 is 6.10 Å². The van der Waals surface area contributed by atoms with Gasteiger partial charge in [0, 0.05) is 48.0 Å². The summed E-state index contributed by atoms with van der Waals surface area (Å²) in [5.41, 5.74) is 2.50. The molecule has 0 bridgehead atoms. The Morgan fingerprint density at radius 3 is 2.17 bits per heavy atom. The molecule has 1 unspecified atom stereocenters. The van der Waals surface area contributed by atoms with Crippen molar-refractivity contribution in [2.24, 2.45) is 0 Å². The van der Waals surface area contributed by atoms with Gasteiger partial charge in [0.2, 0.25) is 5.75 Å². The summed E-state index contributed by atoms with van der Waals surface area (Å²) in [5.74, 6) is 3.21. The lowest BCUT2D eigenvalue weighted by molar-refractivity contribution is -0.171. The van der Waals surface area contributed by atoms with Crippen LogP contribution in [0.25, 0.3) is 5.76 Å². The molecule has 0 aromatic heterocycles. The monoisotopic (exact) mass is 634 g/mol. The molecule has 3 aromatic rings. The third-order valence-electron chi connectivity index (χ3n) is 8.26. The molecule has 0 aliphatic carbocycles. The lowest BCUT2D eigenvalue weighted by Crippen LogP contribution is -2.44. The van der Waals surface area contributed by atoms with E-state index in [4.69, 9.17) is 33.3 Å². The number of aliphatic hydroxyl groups is 1. The SMILES string of the molecule is COc1cc(OC)c2c(c1)OC(c1cc(OC)c(OC)c(OC)c1)=C(CCCON1CCC(NC(=O)c3ccccc3)CC1)C2O. The topological polar surface area (TPSA) is 117 Å². The molecule has 1 saturated heterocycles. The highest BCUT2D eigenvalue weighted by Crippen LogP contribution is 2.50. The third kappa shape index (κ3) is 7.17. The summed E-state index contributed by atoms with van der Waals surface area (Å²) < 4.78 is 34.3. The van der Waals surface area contributed by atoms with Gasteiger partial charge in [0.25, 0.3) is 5.91 Å². The van der Waals surface area contributed by atoms with Crippen LogP contribution in [-0.4, -0.2) is 77.4 Å². The van der Waals surface area contributed by atoms with Gasteiger partial charge in [0.1, 0.15) is 29.1 Å². The molecule has 0 radical (unpaired) electrons. The number of nitrogens with one attached hydrogen (secondary N) is 1. The van der Waals surface area contributed by atoms with Crippen molar-refractivity contribution in [3.8, 4) is 34.5 Å². The number of aliphatic hydroxyl groups excluding tert-OH is 1. The highest BCUT2D eigenvalue weighted by atomic mass is 16.7. The summed E-state index contributed by atoms with van der Waals surface area (Å²) in [6.07, 6.45) is 1.67. The molecule has 11 nitrogen and oxygen atoms in total. The van der Waals surface area contributed by atoms with Gasteiger partial charge in [-0.25, -0.2) is 0 Å². The van der Waals surface area contributed by atoms with Crippen LogP contribution in [0.5, 0.6) is 34.5 Å². The van der Waals surface area contributed by atoms with Crippen LogP contribution in [0.15, 0.2) is 60.2 Å². The van der Waals surface area contributed by atoms with Gasteiger partial charge in [-0.15, -0.1) is 0 Å². The van der Waals surface area contributed by atoms with Gasteiger partial charge < -0.3 is 38.8 Å². The lowest BCUT2D eigenvalue weighted by atomic mass is 9.90. The molecule has 246 valence electrons. The number of carbonyl (C=O) groups is 1. The van der Waals surface area contributed by atoms with Crippen molar-refractivity contribution in [3.63, 3.8) is 0 Å². The average Bonchev–Trinajstić information content (AvgIpc) is 3.10. The Morgan fingerprint density at radius 2 is 1.57 bits per heavy atom. The van der Waals surface area contributed by atoms with Crippen molar-refractivity contribution >= 4 is 11.7 Å². The zero-order chi connectivity index (χ0) is 32.6. The van der Waals surface area contributed by atoms with E-state index in [1.807, 2.05) is 35.4 Å². The number of hydrogen-bond acceptors (Lipinski definition) is 10. The Bertz CT molecular complexity index is 1510. The summed E-state index contributed by atoms with van der Waals surface area (Å²) in [6.45, 7) is 1.85. The first kappa shape index (κ1) is 32.9. The molecule has 0 spiro atoms. The minimum Gasteiger partial charge on any atom is -0.496 e. The molecule has 2 aliphatic heterocycles. The number of ether oxygens (including phenoxy) is 6. The largest absolute Gasteiger partial charge is 0.496 e. The van der Waals surface area contributed by atoms with Crippen molar-refractivity contribution in [2.75, 3.05) is 55.2 Å². The van der Waals surface area contributed by atoms with Gasteiger partial charge in [0.15, 0.2) is 11.5 Å². The fraction of sp³-hybridized carbons (Fsp3) is 0.400. The number of methoxy groups -OCH3 is 5. The van der Waals surface area contributed by atoms with E-state index in [1.54, 1.807) is 59.8 Å². The molecular formula is C35H42N2O9. The number of benzene rings is 3. The van der Waals surface area contributed by atoms with E-state index in [0.717, 1.165) is 12.8 Å². The molecule has 1 amide bonds. The molecule has 46 heavy (non-hydrogen) atoms. The number of piperidine rings is 1. The van der Waals surface area contributed by atoms with Gasteiger partial charge in [-0.2, -0.15) is 5.06 Å². The third-order valence-corrected chi connectivity index (χ3v) is 8.26. The fourth-order valence-electron chi connectivity index (χ4n) is 5.84. The van der Waals surface area contributed by atoms with Crippen LogP contribution < -0.4 is 33.7 Å². The summed E-state index contributed by atoms with van der Waals surface area (Å²) in [5, 5.41) is 16.9. The van der Waals surface area contributed by atoms with E-state index in [9.17, 15) is 9.90 Å². The second-order valence-electron chi connectivity index (χ2n) is 11.0. The highest BCUT2D eigenvalue weighted by molar-refractivity contribution is 5.94. The number of rotatable bonds is 13. The summed E-state index contributed by atoms with van der Waals surface area (Å²) in [4.78, 5) is 18.7. The van der Waals surface area contributed by atoms with Gasteiger partial charge in [-0.3, -0.25) is 9.63 Å². The highest BCUT2D eigenvalue weighted by Gasteiger charge is 2.33. The number of carbonyl (C=O) groups excluding carboxylic acids is 1. The smallest absolute Gasteiger partial charge is 0.251 e. The second kappa shape index (κ2) is 15.2. The van der Waals surface area contributed by atoms with Crippen molar-refractivity contribution in [3.05, 3.63) is 76.9 Å². The number of hydroxylamine groups is 2. The van der Waals surface area contributed by atoms with Crippen LogP contribution in [0.4, 0.5) is 0 Å². The van der Waals surface area contributed by atoms with Crippen molar-refractivity contribution in [2.45, 2.75) is 37.8 Å². The molecule has 1 atom stereocenters. The normalized spacial score (nSPS) is 16.7. The first-order valence-corrected chi connectivity index (χ1v) is 15.3. The minimum atomic E-state index is -1.01. The predicted octanol–water partition coefficient (Wildman–Crippen LogP) is 5.17. The summed E-state index contributed by atoms with van der Waals surface area (Å²) in [7, 11) is 7.75. The van der Waals surface area contributed by atoms with Crippen LogP contribution in [-0.2, 0) is 4.84 Å². The van der Waals surface area contributed by atoms with E-state index in [-0.39, 0.29) is 11.9 Å². The zero-order valence-corrected chi connectivity index (χ0v) is 27.0. The maximum atomic E-state index is 12.5. The molecule has 5 rings (SSSR count). The molecule has 2 heterocycles. The molecule has 1 fully saturated rings. The number of hydrogen-bond donors (Lipinski definition) is 2. The average molecular weight is 635 g/mol.